The Balaban J connectivity index is 1.13. The number of ether oxygens (including phenoxy) is 2. The van der Waals surface area contributed by atoms with Gasteiger partial charge in [-0.1, -0.05) is 66.7 Å². The van der Waals surface area contributed by atoms with Crippen LogP contribution in [-0.2, 0) is 24.2 Å². The van der Waals surface area contributed by atoms with Crippen LogP contribution in [-0.4, -0.2) is 35.7 Å². The van der Waals surface area contributed by atoms with Crippen molar-refractivity contribution >= 4 is 16.9 Å². The molecule has 1 N–H and O–H groups in total. The summed E-state index contributed by atoms with van der Waals surface area (Å²) in [5, 5.41) is 3.07. The number of fused-ring (bicyclic) bond motifs is 1. The number of nitrogens with zero attached hydrogens (tertiary/aromatic N) is 2. The Bertz CT molecular complexity index is 1490. The van der Waals surface area contributed by atoms with E-state index in [0.29, 0.717) is 26.0 Å². The van der Waals surface area contributed by atoms with E-state index in [1.807, 2.05) is 72.8 Å². The molecule has 6 heteroatoms. The van der Waals surface area contributed by atoms with Crippen LogP contribution in [0.5, 0.6) is 11.5 Å². The molecule has 1 aromatic heterocycles. The first-order valence-corrected chi connectivity index (χ1v) is 13.3. The van der Waals surface area contributed by atoms with Gasteiger partial charge in [0.05, 0.1) is 31.2 Å². The van der Waals surface area contributed by atoms with E-state index >= 15 is 0 Å². The summed E-state index contributed by atoms with van der Waals surface area (Å²) in [7, 11) is 1.65. The van der Waals surface area contributed by atoms with E-state index < -0.39 is 0 Å². The standard InChI is InChI=1S/C33H33N3O3/c1-38-28-16-18-29(19-17-28)39-23-7-22-36-31-11-6-5-10-30(31)35-32(36)20-21-34-33(37)24-25-12-14-27(15-13-25)26-8-3-2-4-9-26/h2-6,8-19H,7,20-24H2,1H3,(H,34,37). The van der Waals surface area contributed by atoms with Gasteiger partial charge in [0.2, 0.25) is 5.91 Å². The van der Waals surface area contributed by atoms with Crippen molar-refractivity contribution in [3.05, 3.63) is 115 Å². The first-order valence-electron chi connectivity index (χ1n) is 13.3. The zero-order valence-corrected chi connectivity index (χ0v) is 22.2. The Labute approximate surface area is 229 Å². The van der Waals surface area contributed by atoms with Crippen molar-refractivity contribution in [2.45, 2.75) is 25.8 Å². The molecule has 5 rings (SSSR count). The molecule has 1 amide bonds. The van der Waals surface area contributed by atoms with Gasteiger partial charge in [0.15, 0.2) is 0 Å². The van der Waals surface area contributed by atoms with Crippen LogP contribution >= 0.6 is 0 Å². The van der Waals surface area contributed by atoms with E-state index in [4.69, 9.17) is 14.5 Å². The Hall–Kier alpha value is -4.58. The molecule has 198 valence electrons. The molecule has 0 fully saturated rings. The lowest BCUT2D eigenvalue weighted by molar-refractivity contribution is -0.120. The van der Waals surface area contributed by atoms with Crippen LogP contribution in [0.1, 0.15) is 17.8 Å². The minimum absolute atomic E-state index is 0.0120. The summed E-state index contributed by atoms with van der Waals surface area (Å²) < 4.78 is 13.4. The highest BCUT2D eigenvalue weighted by atomic mass is 16.5. The topological polar surface area (TPSA) is 65.4 Å². The molecule has 4 aromatic carbocycles. The van der Waals surface area contributed by atoms with Crippen molar-refractivity contribution in [2.24, 2.45) is 0 Å². The van der Waals surface area contributed by atoms with Gasteiger partial charge in [-0.2, -0.15) is 0 Å². The van der Waals surface area contributed by atoms with Gasteiger partial charge in [-0.3, -0.25) is 4.79 Å². The number of aromatic nitrogens is 2. The highest BCUT2D eigenvalue weighted by Crippen LogP contribution is 2.20. The maximum Gasteiger partial charge on any atom is 0.224 e. The van der Waals surface area contributed by atoms with E-state index in [-0.39, 0.29) is 5.91 Å². The van der Waals surface area contributed by atoms with Crippen LogP contribution < -0.4 is 14.8 Å². The predicted molar refractivity (Wildman–Crippen MR) is 155 cm³/mol. The zero-order chi connectivity index (χ0) is 26.9. The Kier molecular flexibility index (Phi) is 8.54. The largest absolute Gasteiger partial charge is 0.497 e. The fourth-order valence-electron chi connectivity index (χ4n) is 4.66. The van der Waals surface area contributed by atoms with Gasteiger partial charge in [0.25, 0.3) is 0 Å². The molecule has 5 aromatic rings. The van der Waals surface area contributed by atoms with Crippen LogP contribution in [0.4, 0.5) is 0 Å². The second kappa shape index (κ2) is 12.8. The maximum absolute atomic E-state index is 12.6. The number of aryl methyl sites for hydroxylation is 1. The summed E-state index contributed by atoms with van der Waals surface area (Å²) in [6, 6.07) is 34.2. The number of benzene rings is 4. The van der Waals surface area contributed by atoms with E-state index in [1.165, 1.54) is 5.56 Å². The monoisotopic (exact) mass is 519 g/mol. The molecule has 0 aliphatic heterocycles. The normalized spacial score (nSPS) is 10.9. The average Bonchev–Trinajstić information content (AvgIpc) is 3.33. The molecule has 0 unspecified atom stereocenters. The fraction of sp³-hybridized carbons (Fsp3) is 0.212. The van der Waals surface area contributed by atoms with Gasteiger partial charge in [-0.15, -0.1) is 0 Å². The van der Waals surface area contributed by atoms with Gasteiger partial charge >= 0.3 is 0 Å². The van der Waals surface area contributed by atoms with Gasteiger partial charge in [-0.25, -0.2) is 4.98 Å². The minimum atomic E-state index is 0.0120. The smallest absolute Gasteiger partial charge is 0.224 e. The van der Waals surface area contributed by atoms with Gasteiger partial charge in [0.1, 0.15) is 17.3 Å². The molecular formula is C33H33N3O3. The Morgan fingerprint density at radius 1 is 0.821 bits per heavy atom. The molecule has 0 bridgehead atoms. The fourth-order valence-corrected chi connectivity index (χ4v) is 4.66. The van der Waals surface area contributed by atoms with Crippen molar-refractivity contribution in [2.75, 3.05) is 20.3 Å². The first-order chi connectivity index (χ1) is 19.2. The molecule has 1 heterocycles. The van der Waals surface area contributed by atoms with Gasteiger partial charge < -0.3 is 19.4 Å². The number of hydrogen-bond acceptors (Lipinski definition) is 4. The maximum atomic E-state index is 12.6. The quantitative estimate of drug-likeness (QED) is 0.203. The van der Waals surface area contributed by atoms with Crippen molar-refractivity contribution in [1.29, 1.82) is 0 Å². The highest BCUT2D eigenvalue weighted by Gasteiger charge is 2.11. The molecule has 0 atom stereocenters. The van der Waals surface area contributed by atoms with E-state index in [2.05, 4.69) is 40.2 Å². The molecular weight excluding hydrogens is 486 g/mol. The molecule has 6 nitrogen and oxygen atoms in total. The first kappa shape index (κ1) is 26.0. The van der Waals surface area contributed by atoms with E-state index in [1.54, 1.807) is 7.11 Å². The van der Waals surface area contributed by atoms with Crippen LogP contribution in [0.3, 0.4) is 0 Å². The highest BCUT2D eigenvalue weighted by molar-refractivity contribution is 5.79. The van der Waals surface area contributed by atoms with Crippen LogP contribution in [0.2, 0.25) is 0 Å². The van der Waals surface area contributed by atoms with Crippen molar-refractivity contribution in [1.82, 2.24) is 14.9 Å². The third-order valence-electron chi connectivity index (χ3n) is 6.68. The summed E-state index contributed by atoms with van der Waals surface area (Å²) in [6.07, 6.45) is 1.85. The predicted octanol–water partition coefficient (Wildman–Crippen LogP) is 6.08. The number of amides is 1. The van der Waals surface area contributed by atoms with Gasteiger partial charge in [-0.05, 0) is 59.5 Å². The second-order valence-corrected chi connectivity index (χ2v) is 9.39. The summed E-state index contributed by atoms with van der Waals surface area (Å²) in [5.74, 6) is 2.61. The zero-order valence-electron chi connectivity index (χ0n) is 22.2. The molecule has 0 aliphatic rings. The van der Waals surface area contributed by atoms with E-state index in [0.717, 1.165) is 52.4 Å². The molecule has 0 saturated heterocycles. The lowest BCUT2D eigenvalue weighted by Crippen LogP contribution is -2.28. The number of imidazole rings is 1. The summed E-state index contributed by atoms with van der Waals surface area (Å²) >= 11 is 0. The second-order valence-electron chi connectivity index (χ2n) is 9.39. The number of nitrogens with one attached hydrogen (secondary N) is 1. The van der Waals surface area contributed by atoms with E-state index in [9.17, 15) is 4.79 Å². The number of methoxy groups -OCH3 is 1. The number of para-hydroxylation sites is 2. The van der Waals surface area contributed by atoms with Crippen molar-refractivity contribution < 1.29 is 14.3 Å². The third-order valence-corrected chi connectivity index (χ3v) is 6.68. The Morgan fingerprint density at radius 3 is 2.28 bits per heavy atom. The number of hydrogen-bond donors (Lipinski definition) is 1. The number of carbonyl (C=O) groups is 1. The average molecular weight is 520 g/mol. The van der Waals surface area contributed by atoms with Crippen LogP contribution in [0.15, 0.2) is 103 Å². The van der Waals surface area contributed by atoms with Gasteiger partial charge in [0, 0.05) is 19.5 Å². The molecule has 0 spiro atoms. The molecule has 0 aliphatic carbocycles. The minimum Gasteiger partial charge on any atom is -0.497 e. The van der Waals surface area contributed by atoms with Crippen LogP contribution in [0.25, 0.3) is 22.2 Å². The van der Waals surface area contributed by atoms with Crippen molar-refractivity contribution in [3.63, 3.8) is 0 Å². The number of rotatable bonds is 12. The molecule has 0 radical (unpaired) electrons. The Morgan fingerprint density at radius 2 is 1.51 bits per heavy atom. The molecule has 39 heavy (non-hydrogen) atoms. The lowest BCUT2D eigenvalue weighted by atomic mass is 10.0. The molecule has 0 saturated carbocycles. The third kappa shape index (κ3) is 6.85. The summed E-state index contributed by atoms with van der Waals surface area (Å²) in [5.41, 5.74) is 5.38. The van der Waals surface area contributed by atoms with Crippen molar-refractivity contribution in [3.8, 4) is 22.6 Å². The van der Waals surface area contributed by atoms with Crippen LogP contribution in [0, 0.1) is 0 Å². The lowest BCUT2D eigenvalue weighted by Gasteiger charge is -2.11. The number of carbonyl (C=O) groups excluding carboxylic acids is 1. The SMILES string of the molecule is COc1ccc(OCCCn2c(CCNC(=O)Cc3ccc(-c4ccccc4)cc3)nc3ccccc32)cc1. The summed E-state index contributed by atoms with van der Waals surface area (Å²) in [4.78, 5) is 17.5. The summed E-state index contributed by atoms with van der Waals surface area (Å²) in [6.45, 7) is 1.92.